The number of benzene rings is 1. The van der Waals surface area contributed by atoms with Gasteiger partial charge in [0, 0.05) is 31.1 Å². The van der Waals surface area contributed by atoms with E-state index in [0.717, 1.165) is 47.9 Å². The van der Waals surface area contributed by atoms with Crippen molar-refractivity contribution in [3.05, 3.63) is 29.0 Å². The molecule has 0 bridgehead atoms. The van der Waals surface area contributed by atoms with Crippen molar-refractivity contribution in [2.45, 2.75) is 6.42 Å². The molecule has 1 aromatic heterocycles. The van der Waals surface area contributed by atoms with Crippen LogP contribution in [0.2, 0.25) is 5.02 Å². The molecule has 5 heteroatoms. The lowest BCUT2D eigenvalue weighted by Gasteiger charge is -2.09. The molecule has 0 saturated heterocycles. The standard InChI is InChI=1S/C13H19ClN4/c1-18(2)8-7-15-6-5-13-16-11-4-3-10(14)9-12(11)17-13/h3-4,9,15H,5-8H2,1-2H3,(H,16,17). The Morgan fingerprint density at radius 1 is 1.33 bits per heavy atom. The fraction of sp³-hybridized carbons (Fsp3) is 0.462. The molecular weight excluding hydrogens is 248 g/mol. The summed E-state index contributed by atoms with van der Waals surface area (Å²) in [6, 6.07) is 5.72. The Kier molecular flexibility index (Phi) is 4.58. The molecule has 0 saturated carbocycles. The summed E-state index contributed by atoms with van der Waals surface area (Å²) >= 11 is 5.94. The minimum atomic E-state index is 0.738. The number of hydrogen-bond donors (Lipinski definition) is 2. The third-order valence-electron chi connectivity index (χ3n) is 2.77. The highest BCUT2D eigenvalue weighted by atomic mass is 35.5. The van der Waals surface area contributed by atoms with Crippen molar-refractivity contribution < 1.29 is 0 Å². The molecular formula is C13H19ClN4. The van der Waals surface area contributed by atoms with Crippen LogP contribution in [0.25, 0.3) is 11.0 Å². The summed E-state index contributed by atoms with van der Waals surface area (Å²) in [4.78, 5) is 9.97. The first-order valence-corrected chi connectivity index (χ1v) is 6.52. The number of likely N-dealkylation sites (N-methyl/N-ethyl adjacent to an activating group) is 1. The first kappa shape index (κ1) is 13.3. The molecule has 0 fully saturated rings. The Hall–Kier alpha value is -1.10. The van der Waals surface area contributed by atoms with Gasteiger partial charge in [-0.2, -0.15) is 0 Å². The molecule has 2 aromatic rings. The first-order chi connectivity index (χ1) is 8.65. The van der Waals surface area contributed by atoms with E-state index in [1.54, 1.807) is 0 Å². The molecule has 0 atom stereocenters. The molecule has 0 spiro atoms. The second-order valence-electron chi connectivity index (χ2n) is 4.65. The predicted octanol–water partition coefficient (Wildman–Crippen LogP) is 1.91. The van der Waals surface area contributed by atoms with E-state index in [-0.39, 0.29) is 0 Å². The molecule has 1 aromatic carbocycles. The van der Waals surface area contributed by atoms with E-state index < -0.39 is 0 Å². The Morgan fingerprint density at radius 2 is 2.17 bits per heavy atom. The number of H-pyrrole nitrogens is 1. The van der Waals surface area contributed by atoms with Gasteiger partial charge in [0.05, 0.1) is 11.0 Å². The Bertz CT molecular complexity index is 507. The SMILES string of the molecule is CN(C)CCNCCc1nc2ccc(Cl)cc2[nH]1. The Labute approximate surface area is 112 Å². The minimum absolute atomic E-state index is 0.738. The maximum absolute atomic E-state index is 5.94. The number of aromatic nitrogens is 2. The van der Waals surface area contributed by atoms with Crippen molar-refractivity contribution in [3.8, 4) is 0 Å². The van der Waals surface area contributed by atoms with Crippen molar-refractivity contribution in [2.75, 3.05) is 33.7 Å². The number of halogens is 1. The van der Waals surface area contributed by atoms with Crippen LogP contribution in [0.3, 0.4) is 0 Å². The van der Waals surface area contributed by atoms with Crippen LogP contribution in [-0.4, -0.2) is 48.6 Å². The topological polar surface area (TPSA) is 44.0 Å². The molecule has 0 aliphatic heterocycles. The van der Waals surface area contributed by atoms with Crippen LogP contribution in [0.1, 0.15) is 5.82 Å². The van der Waals surface area contributed by atoms with E-state index >= 15 is 0 Å². The lowest BCUT2D eigenvalue weighted by Crippen LogP contribution is -2.28. The van der Waals surface area contributed by atoms with Crippen molar-refractivity contribution in [2.24, 2.45) is 0 Å². The van der Waals surface area contributed by atoms with E-state index in [1.807, 2.05) is 18.2 Å². The normalized spacial score (nSPS) is 11.6. The molecule has 0 amide bonds. The van der Waals surface area contributed by atoms with Gasteiger partial charge in [-0.3, -0.25) is 0 Å². The van der Waals surface area contributed by atoms with Crippen LogP contribution in [0.4, 0.5) is 0 Å². The largest absolute Gasteiger partial charge is 0.342 e. The van der Waals surface area contributed by atoms with Gasteiger partial charge < -0.3 is 15.2 Å². The molecule has 2 N–H and O–H groups in total. The van der Waals surface area contributed by atoms with Gasteiger partial charge in [0.1, 0.15) is 5.82 Å². The highest BCUT2D eigenvalue weighted by Crippen LogP contribution is 2.17. The molecule has 0 aliphatic carbocycles. The summed E-state index contributed by atoms with van der Waals surface area (Å²) < 4.78 is 0. The second-order valence-corrected chi connectivity index (χ2v) is 5.08. The Morgan fingerprint density at radius 3 is 2.94 bits per heavy atom. The van der Waals surface area contributed by atoms with Gasteiger partial charge in [-0.05, 0) is 32.3 Å². The highest BCUT2D eigenvalue weighted by molar-refractivity contribution is 6.31. The molecule has 0 unspecified atom stereocenters. The van der Waals surface area contributed by atoms with E-state index in [1.165, 1.54) is 0 Å². The monoisotopic (exact) mass is 266 g/mol. The maximum Gasteiger partial charge on any atom is 0.108 e. The first-order valence-electron chi connectivity index (χ1n) is 6.15. The highest BCUT2D eigenvalue weighted by Gasteiger charge is 2.02. The summed E-state index contributed by atoms with van der Waals surface area (Å²) in [5.41, 5.74) is 1.98. The van der Waals surface area contributed by atoms with Gasteiger partial charge in [0.15, 0.2) is 0 Å². The number of aromatic amines is 1. The zero-order chi connectivity index (χ0) is 13.0. The van der Waals surface area contributed by atoms with E-state index in [2.05, 4.69) is 34.3 Å². The zero-order valence-electron chi connectivity index (χ0n) is 10.8. The molecule has 18 heavy (non-hydrogen) atoms. The smallest absolute Gasteiger partial charge is 0.108 e. The van der Waals surface area contributed by atoms with Crippen LogP contribution in [0.5, 0.6) is 0 Å². The van der Waals surface area contributed by atoms with Gasteiger partial charge in [-0.1, -0.05) is 11.6 Å². The van der Waals surface area contributed by atoms with Gasteiger partial charge in [-0.25, -0.2) is 4.98 Å². The third-order valence-corrected chi connectivity index (χ3v) is 3.00. The minimum Gasteiger partial charge on any atom is -0.342 e. The number of fused-ring (bicyclic) bond motifs is 1. The maximum atomic E-state index is 5.94. The molecule has 0 aliphatic rings. The van der Waals surface area contributed by atoms with Gasteiger partial charge in [0.2, 0.25) is 0 Å². The number of imidazole rings is 1. The Balaban J connectivity index is 1.84. The van der Waals surface area contributed by atoms with Crippen LogP contribution in [-0.2, 0) is 6.42 Å². The summed E-state index contributed by atoms with van der Waals surface area (Å²) in [6.45, 7) is 2.98. The second kappa shape index (κ2) is 6.18. The molecule has 2 rings (SSSR count). The van der Waals surface area contributed by atoms with Crippen molar-refractivity contribution in [1.29, 1.82) is 0 Å². The summed E-state index contributed by atoms with van der Waals surface area (Å²) in [6.07, 6.45) is 0.903. The van der Waals surface area contributed by atoms with E-state index in [9.17, 15) is 0 Å². The number of rotatable bonds is 6. The predicted molar refractivity (Wildman–Crippen MR) is 76.2 cm³/mol. The summed E-state index contributed by atoms with van der Waals surface area (Å²) in [5.74, 6) is 1.00. The lowest BCUT2D eigenvalue weighted by molar-refractivity contribution is 0.400. The van der Waals surface area contributed by atoms with Crippen LogP contribution >= 0.6 is 11.6 Å². The van der Waals surface area contributed by atoms with Crippen LogP contribution < -0.4 is 5.32 Å². The van der Waals surface area contributed by atoms with E-state index in [0.29, 0.717) is 0 Å². The quantitative estimate of drug-likeness (QED) is 0.785. The summed E-state index contributed by atoms with van der Waals surface area (Å²) in [7, 11) is 4.15. The van der Waals surface area contributed by atoms with Gasteiger partial charge >= 0.3 is 0 Å². The number of hydrogen-bond acceptors (Lipinski definition) is 3. The molecule has 1 heterocycles. The van der Waals surface area contributed by atoms with Crippen LogP contribution in [0.15, 0.2) is 18.2 Å². The van der Waals surface area contributed by atoms with E-state index in [4.69, 9.17) is 11.6 Å². The lowest BCUT2D eigenvalue weighted by atomic mass is 10.3. The van der Waals surface area contributed by atoms with Gasteiger partial charge in [0.25, 0.3) is 0 Å². The van der Waals surface area contributed by atoms with Crippen molar-refractivity contribution in [1.82, 2.24) is 20.2 Å². The van der Waals surface area contributed by atoms with Crippen molar-refractivity contribution >= 4 is 22.6 Å². The molecule has 98 valence electrons. The average molecular weight is 267 g/mol. The molecule has 0 radical (unpaired) electrons. The zero-order valence-corrected chi connectivity index (χ0v) is 11.6. The average Bonchev–Trinajstić information content (AvgIpc) is 2.70. The fourth-order valence-electron chi connectivity index (χ4n) is 1.79. The number of nitrogens with zero attached hydrogens (tertiary/aromatic N) is 2. The molecule has 4 nitrogen and oxygen atoms in total. The number of nitrogens with one attached hydrogen (secondary N) is 2. The van der Waals surface area contributed by atoms with Crippen LogP contribution in [0, 0.1) is 0 Å². The summed E-state index contributed by atoms with van der Waals surface area (Å²) in [5, 5.41) is 4.13. The van der Waals surface area contributed by atoms with Crippen molar-refractivity contribution in [3.63, 3.8) is 0 Å². The fourth-order valence-corrected chi connectivity index (χ4v) is 1.96. The third kappa shape index (κ3) is 3.70. The van der Waals surface area contributed by atoms with Gasteiger partial charge in [-0.15, -0.1) is 0 Å².